The molecule has 1 aromatic heterocycles. The normalized spacial score (nSPS) is 11.7. The summed E-state index contributed by atoms with van der Waals surface area (Å²) in [5.41, 5.74) is -2.73. The third-order valence-electron chi connectivity index (χ3n) is 5.81. The average molecular weight is 592 g/mol. The van der Waals surface area contributed by atoms with E-state index in [1.165, 1.54) is 12.2 Å². The molecule has 0 spiro atoms. The van der Waals surface area contributed by atoms with Gasteiger partial charge >= 0.3 is 17.8 Å². The number of alkyl halides is 3. The minimum Gasteiger partial charge on any atom is -0.463 e. The van der Waals surface area contributed by atoms with Crippen LogP contribution in [0.25, 0.3) is 28.2 Å². The third-order valence-corrected chi connectivity index (χ3v) is 6.10. The van der Waals surface area contributed by atoms with Crippen molar-refractivity contribution in [3.8, 4) is 11.1 Å². The summed E-state index contributed by atoms with van der Waals surface area (Å²) in [7, 11) is 0. The van der Waals surface area contributed by atoms with Crippen molar-refractivity contribution in [2.24, 2.45) is 0 Å². The van der Waals surface area contributed by atoms with Gasteiger partial charge in [-0.2, -0.15) is 13.2 Å². The molecule has 41 heavy (non-hydrogen) atoms. The van der Waals surface area contributed by atoms with E-state index in [-0.39, 0.29) is 39.8 Å². The Labute approximate surface area is 234 Å². The summed E-state index contributed by atoms with van der Waals surface area (Å²) in [6, 6.07) is 10.1. The lowest BCUT2D eigenvalue weighted by Gasteiger charge is -2.15. The standard InChI is InChI=1S/C29H19ClF5NO5/c1-2-40-26(38)9-6-15-4-3-5-16(10-15)27-18-12-22(32)21(30)14-24(18)41-28(39)19(27)13-25(37)36-23-8-7-17(31)11-20(23)29(33,34)35/h3-12,14H,2,13H2,1H3,(H,36,37)/b9-6+. The molecule has 0 aliphatic rings. The minimum absolute atomic E-state index is 0.0542. The molecule has 0 saturated heterocycles. The Morgan fingerprint density at radius 3 is 2.54 bits per heavy atom. The number of ether oxygens (including phenoxy) is 1. The summed E-state index contributed by atoms with van der Waals surface area (Å²) in [5.74, 6) is -3.67. The van der Waals surface area contributed by atoms with E-state index in [2.05, 4.69) is 5.32 Å². The smallest absolute Gasteiger partial charge is 0.418 e. The predicted octanol–water partition coefficient (Wildman–Crippen LogP) is 7.17. The molecular weight excluding hydrogens is 573 g/mol. The molecule has 4 aromatic rings. The summed E-state index contributed by atoms with van der Waals surface area (Å²) >= 11 is 5.86. The molecule has 0 saturated carbocycles. The van der Waals surface area contributed by atoms with E-state index < -0.39 is 53.0 Å². The molecule has 0 aliphatic carbocycles. The van der Waals surface area contributed by atoms with E-state index in [0.717, 1.165) is 24.3 Å². The summed E-state index contributed by atoms with van der Waals surface area (Å²) in [6.45, 7) is 1.80. The predicted molar refractivity (Wildman–Crippen MR) is 142 cm³/mol. The van der Waals surface area contributed by atoms with Crippen molar-refractivity contribution in [2.45, 2.75) is 19.5 Å². The van der Waals surface area contributed by atoms with Crippen LogP contribution in [0.3, 0.4) is 0 Å². The van der Waals surface area contributed by atoms with Crippen molar-refractivity contribution < 1.29 is 40.7 Å². The average Bonchev–Trinajstić information content (AvgIpc) is 2.90. The summed E-state index contributed by atoms with van der Waals surface area (Å²) in [6.07, 6.45) is -3.15. The number of amides is 1. The molecule has 12 heteroatoms. The molecule has 0 fully saturated rings. The highest BCUT2D eigenvalue weighted by molar-refractivity contribution is 6.31. The zero-order valence-electron chi connectivity index (χ0n) is 21.1. The molecule has 0 radical (unpaired) electrons. The number of anilines is 1. The van der Waals surface area contributed by atoms with Gasteiger partial charge < -0.3 is 14.5 Å². The fourth-order valence-corrected chi connectivity index (χ4v) is 4.25. The summed E-state index contributed by atoms with van der Waals surface area (Å²) in [4.78, 5) is 37.7. The SMILES string of the molecule is CCOC(=O)/C=C/c1cccc(-c2c(CC(=O)Nc3ccc(F)cc3C(F)(F)F)c(=O)oc3cc(Cl)c(F)cc23)c1. The van der Waals surface area contributed by atoms with Crippen LogP contribution in [-0.2, 0) is 26.9 Å². The van der Waals surface area contributed by atoms with E-state index in [4.69, 9.17) is 20.8 Å². The molecule has 0 aliphatic heterocycles. The van der Waals surface area contributed by atoms with Crippen molar-refractivity contribution in [3.63, 3.8) is 0 Å². The largest absolute Gasteiger partial charge is 0.463 e. The molecule has 1 amide bonds. The number of hydrogen-bond acceptors (Lipinski definition) is 5. The van der Waals surface area contributed by atoms with Crippen molar-refractivity contribution in [1.29, 1.82) is 0 Å². The molecule has 0 atom stereocenters. The maximum Gasteiger partial charge on any atom is 0.418 e. The van der Waals surface area contributed by atoms with Crippen molar-refractivity contribution in [3.05, 3.63) is 104 Å². The maximum atomic E-state index is 14.5. The van der Waals surface area contributed by atoms with E-state index in [9.17, 15) is 36.3 Å². The number of benzene rings is 3. The van der Waals surface area contributed by atoms with Crippen LogP contribution in [0.4, 0.5) is 27.6 Å². The van der Waals surface area contributed by atoms with Gasteiger partial charge in [-0.1, -0.05) is 29.8 Å². The first kappa shape index (κ1) is 29.5. The number of rotatable bonds is 7. The Morgan fingerprint density at radius 2 is 1.83 bits per heavy atom. The lowest BCUT2D eigenvalue weighted by atomic mass is 9.94. The second kappa shape index (κ2) is 11.9. The van der Waals surface area contributed by atoms with E-state index >= 15 is 0 Å². The van der Waals surface area contributed by atoms with E-state index in [1.54, 1.807) is 31.2 Å². The highest BCUT2D eigenvalue weighted by Crippen LogP contribution is 2.36. The Bertz CT molecular complexity index is 1750. The Morgan fingerprint density at radius 1 is 1.07 bits per heavy atom. The second-order valence-electron chi connectivity index (χ2n) is 8.63. The van der Waals surface area contributed by atoms with Crippen LogP contribution in [0.5, 0.6) is 0 Å². The second-order valence-corrected chi connectivity index (χ2v) is 9.04. The molecule has 1 N–H and O–H groups in total. The topological polar surface area (TPSA) is 85.6 Å². The number of nitrogens with one attached hydrogen (secondary N) is 1. The lowest BCUT2D eigenvalue weighted by molar-refractivity contribution is -0.138. The van der Waals surface area contributed by atoms with Gasteiger partial charge in [-0.3, -0.25) is 4.79 Å². The number of fused-ring (bicyclic) bond motifs is 1. The highest BCUT2D eigenvalue weighted by Gasteiger charge is 2.34. The first-order chi connectivity index (χ1) is 19.4. The van der Waals surface area contributed by atoms with E-state index in [1.807, 2.05) is 0 Å². The quantitative estimate of drug-likeness (QED) is 0.107. The minimum atomic E-state index is -4.98. The van der Waals surface area contributed by atoms with Crippen LogP contribution in [0.2, 0.25) is 5.02 Å². The molecule has 1 heterocycles. The Balaban J connectivity index is 1.82. The molecule has 0 bridgehead atoms. The molecule has 6 nitrogen and oxygen atoms in total. The molecular formula is C29H19ClF5NO5. The number of halogens is 6. The molecule has 4 rings (SSSR count). The van der Waals surface area contributed by atoms with Gasteiger partial charge in [0.2, 0.25) is 5.91 Å². The van der Waals surface area contributed by atoms with Crippen LogP contribution < -0.4 is 10.9 Å². The fraction of sp³-hybridized carbons (Fsp3) is 0.138. The van der Waals surface area contributed by atoms with E-state index in [0.29, 0.717) is 11.1 Å². The maximum absolute atomic E-state index is 14.5. The number of carbonyl (C=O) groups excluding carboxylic acids is 2. The highest BCUT2D eigenvalue weighted by atomic mass is 35.5. The lowest BCUT2D eigenvalue weighted by Crippen LogP contribution is -2.22. The monoisotopic (exact) mass is 591 g/mol. The van der Waals surface area contributed by atoms with Gasteiger partial charge in [0.05, 0.1) is 34.9 Å². The van der Waals surface area contributed by atoms with Crippen molar-refractivity contribution in [2.75, 3.05) is 11.9 Å². The van der Waals surface area contributed by atoms with Crippen LogP contribution in [-0.4, -0.2) is 18.5 Å². The van der Waals surface area contributed by atoms with Crippen LogP contribution >= 0.6 is 11.6 Å². The number of hydrogen-bond donors (Lipinski definition) is 1. The van der Waals surface area contributed by atoms with Gasteiger partial charge in [-0.15, -0.1) is 0 Å². The number of esters is 1. The summed E-state index contributed by atoms with van der Waals surface area (Å²) < 4.78 is 78.5. The van der Waals surface area contributed by atoms with Gasteiger partial charge in [0, 0.05) is 23.1 Å². The van der Waals surface area contributed by atoms with Crippen LogP contribution in [0, 0.1) is 11.6 Å². The zero-order chi connectivity index (χ0) is 29.9. The van der Waals surface area contributed by atoms with Gasteiger partial charge in [0.25, 0.3) is 0 Å². The molecule has 212 valence electrons. The third kappa shape index (κ3) is 6.80. The molecule has 0 unspecified atom stereocenters. The van der Waals surface area contributed by atoms with Crippen molar-refractivity contribution >= 4 is 46.2 Å². The van der Waals surface area contributed by atoms with Gasteiger partial charge in [0.15, 0.2) is 0 Å². The molecule has 3 aromatic carbocycles. The Hall–Kier alpha value is -4.51. The van der Waals surface area contributed by atoms with Crippen molar-refractivity contribution in [1.82, 2.24) is 0 Å². The summed E-state index contributed by atoms with van der Waals surface area (Å²) in [5, 5.41) is 1.78. The van der Waals surface area contributed by atoms with Gasteiger partial charge in [0.1, 0.15) is 17.2 Å². The number of carbonyl (C=O) groups is 2. The van der Waals surface area contributed by atoms with Gasteiger partial charge in [-0.25, -0.2) is 18.4 Å². The first-order valence-corrected chi connectivity index (χ1v) is 12.3. The fourth-order valence-electron chi connectivity index (χ4n) is 4.09. The zero-order valence-corrected chi connectivity index (χ0v) is 21.8. The Kier molecular flexibility index (Phi) is 8.57. The van der Waals surface area contributed by atoms with Gasteiger partial charge in [-0.05, 0) is 54.5 Å². The first-order valence-electron chi connectivity index (χ1n) is 11.9. The van der Waals surface area contributed by atoms with Crippen LogP contribution in [0.15, 0.2) is 69.9 Å². The van der Waals surface area contributed by atoms with Crippen LogP contribution in [0.1, 0.15) is 23.6 Å².